The number of carboxylic acid groups (broad SMARTS) is 1. The Morgan fingerprint density at radius 3 is 0.947 bits per heavy atom. The van der Waals surface area contributed by atoms with Gasteiger partial charge in [0.05, 0.1) is 7.11 Å². The van der Waals surface area contributed by atoms with Gasteiger partial charge in [0.2, 0.25) is 0 Å². The van der Waals surface area contributed by atoms with E-state index >= 15 is 0 Å². The SMILES string of the molecule is COC(=O)O.[C-]#[O+].[C-]#[O+].[Mn].c1ccc(P(CCP(c2ccccc2)c2ccccc2)c2ccccc2)cc1. The molecule has 0 spiro atoms. The Balaban J connectivity index is 0.00000121. The molecule has 0 aliphatic carbocycles. The third-order valence-electron chi connectivity index (χ3n) is 4.99. The molecule has 0 amide bonds. The van der Waals surface area contributed by atoms with Crippen molar-refractivity contribution in [3.8, 4) is 0 Å². The summed E-state index contributed by atoms with van der Waals surface area (Å²) in [6.45, 7) is 9.00. The summed E-state index contributed by atoms with van der Waals surface area (Å²) in [6, 6.07) is 44.2. The molecule has 0 fully saturated rings. The second kappa shape index (κ2) is 22.0. The number of ether oxygens (including phenoxy) is 1. The fourth-order valence-electron chi connectivity index (χ4n) is 3.45. The molecule has 0 aromatic heterocycles. The molecule has 8 heteroatoms. The molecule has 38 heavy (non-hydrogen) atoms. The van der Waals surface area contributed by atoms with Gasteiger partial charge in [0.15, 0.2) is 0 Å². The number of hydrogen-bond acceptors (Lipinski definition) is 2. The van der Waals surface area contributed by atoms with E-state index in [2.05, 4.69) is 139 Å². The molecule has 195 valence electrons. The zero-order valence-electron chi connectivity index (χ0n) is 20.8. The van der Waals surface area contributed by atoms with Gasteiger partial charge in [-0.15, -0.1) is 0 Å². The van der Waals surface area contributed by atoms with E-state index in [0.717, 1.165) is 7.11 Å². The standard InChI is InChI=1S/C26H24P2.C2H4O3.2CO.Mn/c1-5-13-23(14-6-1)27(24-15-7-2-8-16-24)21-22-28(25-17-9-3-10-18-25)26-19-11-4-12-20-26;1-5-2(3)4;2*1-2;/h1-20H,21-22H2;1H3,(H,3,4);;;. The van der Waals surface area contributed by atoms with Crippen molar-refractivity contribution < 1.29 is 41.0 Å². The molecule has 1 N–H and O–H groups in total. The fraction of sp³-hybridized carbons (Fsp3) is 0.100. The first-order chi connectivity index (χ1) is 18.2. The van der Waals surface area contributed by atoms with Crippen LogP contribution in [0.25, 0.3) is 0 Å². The van der Waals surface area contributed by atoms with Crippen LogP contribution in [0.4, 0.5) is 4.79 Å². The summed E-state index contributed by atoms with van der Waals surface area (Å²) in [5.74, 6) is 0. The molecule has 0 aliphatic heterocycles. The fourth-order valence-corrected chi connectivity index (χ4v) is 8.80. The van der Waals surface area contributed by atoms with E-state index < -0.39 is 6.16 Å². The van der Waals surface area contributed by atoms with Crippen LogP contribution >= 0.6 is 15.8 Å². The molecule has 0 saturated heterocycles. The summed E-state index contributed by atoms with van der Waals surface area (Å²) in [7, 11) is 0.404. The van der Waals surface area contributed by atoms with Gasteiger partial charge in [0.25, 0.3) is 0 Å². The topological polar surface area (TPSA) is 86.3 Å². The maximum atomic E-state index is 9.15. The maximum Gasteiger partial charge on any atom is 0 e. The first kappa shape index (κ1) is 35.0. The van der Waals surface area contributed by atoms with Crippen LogP contribution in [-0.2, 0) is 31.1 Å². The van der Waals surface area contributed by atoms with Crippen LogP contribution in [0.15, 0.2) is 121 Å². The third-order valence-corrected chi connectivity index (χ3v) is 10.4. The Kier molecular flexibility index (Phi) is 20.3. The Bertz CT molecular complexity index is 1010. The van der Waals surface area contributed by atoms with Crippen LogP contribution in [0.2, 0.25) is 0 Å². The molecule has 0 heterocycles. The number of benzene rings is 4. The molecule has 0 bridgehead atoms. The molecule has 0 saturated carbocycles. The average molecular weight is 585 g/mol. The molecule has 1 radical (unpaired) electrons. The summed E-state index contributed by atoms with van der Waals surface area (Å²) in [5, 5.41) is 13.4. The van der Waals surface area contributed by atoms with Crippen LogP contribution in [-0.4, -0.2) is 30.7 Å². The van der Waals surface area contributed by atoms with Gasteiger partial charge in [-0.2, -0.15) is 0 Å². The number of carbonyl (C=O) groups is 1. The van der Waals surface area contributed by atoms with Gasteiger partial charge in [0, 0.05) is 17.1 Å². The van der Waals surface area contributed by atoms with E-state index in [-0.39, 0.29) is 32.9 Å². The zero-order valence-corrected chi connectivity index (χ0v) is 23.8. The monoisotopic (exact) mass is 585 g/mol. The van der Waals surface area contributed by atoms with Crippen LogP contribution < -0.4 is 21.2 Å². The average Bonchev–Trinajstić information content (AvgIpc) is 2.99. The van der Waals surface area contributed by atoms with Crippen molar-refractivity contribution in [2.24, 2.45) is 0 Å². The van der Waals surface area contributed by atoms with Crippen molar-refractivity contribution in [3.63, 3.8) is 0 Å². The van der Waals surface area contributed by atoms with Crippen molar-refractivity contribution in [1.82, 2.24) is 0 Å². The first-order valence-corrected chi connectivity index (χ1v) is 14.2. The van der Waals surface area contributed by atoms with Crippen LogP contribution in [0.5, 0.6) is 0 Å². The minimum absolute atomic E-state index is 0. The Labute approximate surface area is 237 Å². The van der Waals surface area contributed by atoms with E-state index in [1.807, 2.05) is 0 Å². The minimum atomic E-state index is -1.25. The zero-order chi connectivity index (χ0) is 27.3. The van der Waals surface area contributed by atoms with Crippen molar-refractivity contribution in [2.75, 3.05) is 19.4 Å². The number of rotatable bonds is 7. The van der Waals surface area contributed by atoms with Crippen LogP contribution in [0, 0.1) is 13.3 Å². The summed E-state index contributed by atoms with van der Waals surface area (Å²) < 4.78 is 18.7. The molecule has 4 aromatic rings. The van der Waals surface area contributed by atoms with E-state index in [1.54, 1.807) is 0 Å². The van der Waals surface area contributed by atoms with E-state index in [0.29, 0.717) is 0 Å². The minimum Gasteiger partial charge on any atom is -0.0622 e. The van der Waals surface area contributed by atoms with Gasteiger partial charge < -0.3 is 9.84 Å². The van der Waals surface area contributed by atoms with E-state index in [4.69, 9.17) is 19.2 Å². The van der Waals surface area contributed by atoms with E-state index in [9.17, 15) is 0 Å². The predicted octanol–water partition coefficient (Wildman–Crippen LogP) is 5.49. The molecular formula is C30H28MnO5P2. The molecule has 0 atom stereocenters. The Morgan fingerprint density at radius 2 is 0.789 bits per heavy atom. The van der Waals surface area contributed by atoms with E-state index in [1.165, 1.54) is 33.5 Å². The quantitative estimate of drug-likeness (QED) is 0.102. The molecular weight excluding hydrogens is 557 g/mol. The van der Waals surface area contributed by atoms with Crippen LogP contribution in [0.1, 0.15) is 0 Å². The Morgan fingerprint density at radius 1 is 0.605 bits per heavy atom. The summed E-state index contributed by atoms with van der Waals surface area (Å²) >= 11 is 0. The summed E-state index contributed by atoms with van der Waals surface area (Å²) in [4.78, 5) is 9.15. The van der Waals surface area contributed by atoms with Crippen molar-refractivity contribution in [3.05, 3.63) is 135 Å². The molecule has 4 aromatic carbocycles. The van der Waals surface area contributed by atoms with Gasteiger partial charge >= 0.3 is 28.8 Å². The molecule has 4 rings (SSSR count). The summed E-state index contributed by atoms with van der Waals surface area (Å²) in [5.41, 5.74) is 0. The van der Waals surface area contributed by atoms with Crippen molar-refractivity contribution in [1.29, 1.82) is 0 Å². The largest absolute Gasteiger partial charge is 0.0622 e. The molecule has 0 unspecified atom stereocenters. The number of hydrogen-bond donors (Lipinski definition) is 1. The molecule has 0 aliphatic rings. The van der Waals surface area contributed by atoms with Gasteiger partial charge in [0.1, 0.15) is 0 Å². The van der Waals surface area contributed by atoms with Crippen molar-refractivity contribution in [2.45, 2.75) is 0 Å². The van der Waals surface area contributed by atoms with Crippen LogP contribution in [0.3, 0.4) is 0 Å². The predicted molar refractivity (Wildman–Crippen MR) is 151 cm³/mol. The smallest absolute Gasteiger partial charge is 0 e. The normalized spacial score (nSPS) is 9.13. The van der Waals surface area contributed by atoms with Gasteiger partial charge in [-0.25, -0.2) is 4.79 Å². The maximum absolute atomic E-state index is 9.15. The first-order valence-electron chi connectivity index (χ1n) is 11.1. The van der Waals surface area contributed by atoms with Gasteiger partial charge in [-0.3, -0.25) is 0 Å². The Hall–Kier alpha value is -2.99. The molecule has 5 nitrogen and oxygen atoms in total. The third kappa shape index (κ3) is 12.5. The summed E-state index contributed by atoms with van der Waals surface area (Å²) in [6.07, 6.45) is 1.17. The second-order valence-corrected chi connectivity index (χ2v) is 11.8. The van der Waals surface area contributed by atoms with Crippen molar-refractivity contribution >= 4 is 43.2 Å². The number of methoxy groups -OCH3 is 1. The van der Waals surface area contributed by atoms with Gasteiger partial charge in [-0.1, -0.05) is 121 Å². The second-order valence-electron chi connectivity index (χ2n) is 7.12. The van der Waals surface area contributed by atoms with Gasteiger partial charge in [-0.05, 0) is 49.4 Å².